The Morgan fingerprint density at radius 1 is 1.35 bits per heavy atom. The van der Waals surface area contributed by atoms with Crippen molar-refractivity contribution in [2.45, 2.75) is 12.7 Å². The number of rotatable bonds is 2. The molecule has 1 aliphatic rings. The van der Waals surface area contributed by atoms with E-state index in [9.17, 15) is 23.6 Å². The van der Waals surface area contributed by atoms with E-state index in [4.69, 9.17) is 0 Å². The number of carbonyl (C=O) groups is 3. The largest absolute Gasteiger partial charge is 0.331 e. The Kier molecular flexibility index (Phi) is 2.76. The Bertz CT molecular complexity index is 551. The van der Waals surface area contributed by atoms with Gasteiger partial charge in [-0.1, -0.05) is 11.3 Å². The average Bonchev–Trinajstić information content (AvgIpc) is 2.67. The molecule has 17 heavy (non-hydrogen) atoms. The first-order chi connectivity index (χ1) is 7.99. The minimum Gasteiger partial charge on any atom is -0.315 e. The molecule has 4 amide bonds. The molecular weight excluding hydrogens is 253 g/mol. The summed E-state index contributed by atoms with van der Waals surface area (Å²) in [6.45, 7) is -0.281. The van der Waals surface area contributed by atoms with Crippen molar-refractivity contribution < 1.29 is 18.8 Å². The lowest BCUT2D eigenvalue weighted by molar-refractivity contribution is -0.144. The van der Waals surface area contributed by atoms with Crippen molar-refractivity contribution in [3.05, 3.63) is 20.7 Å². The zero-order valence-electron chi connectivity index (χ0n) is 8.23. The Labute approximate surface area is 97.2 Å². The van der Waals surface area contributed by atoms with Gasteiger partial charge < -0.3 is 4.98 Å². The third kappa shape index (κ3) is 2.09. The number of amides is 4. The van der Waals surface area contributed by atoms with E-state index in [-0.39, 0.29) is 11.4 Å². The van der Waals surface area contributed by atoms with E-state index in [1.165, 1.54) is 5.38 Å². The van der Waals surface area contributed by atoms with Crippen molar-refractivity contribution in [2.75, 3.05) is 0 Å². The highest BCUT2D eigenvalue weighted by molar-refractivity contribution is 7.07. The lowest BCUT2D eigenvalue weighted by Crippen LogP contribution is -2.58. The number of aromatic nitrogens is 1. The van der Waals surface area contributed by atoms with Crippen LogP contribution in [0.25, 0.3) is 0 Å². The van der Waals surface area contributed by atoms with Gasteiger partial charge in [-0.2, -0.15) is 0 Å². The maximum atomic E-state index is 13.1. The van der Waals surface area contributed by atoms with Gasteiger partial charge in [0.25, 0.3) is 18.0 Å². The summed E-state index contributed by atoms with van der Waals surface area (Å²) >= 11 is 0.855. The van der Waals surface area contributed by atoms with Crippen molar-refractivity contribution in [2.24, 2.45) is 0 Å². The number of halogens is 1. The van der Waals surface area contributed by atoms with Crippen LogP contribution >= 0.6 is 11.3 Å². The van der Waals surface area contributed by atoms with Gasteiger partial charge in [-0.3, -0.25) is 24.6 Å². The molecule has 1 aliphatic heterocycles. The second-order valence-electron chi connectivity index (χ2n) is 3.25. The molecule has 0 radical (unpaired) electrons. The molecule has 2 heterocycles. The summed E-state index contributed by atoms with van der Waals surface area (Å²) in [6, 6.07) is -0.999. The minimum absolute atomic E-state index is 0.281. The molecule has 9 heteroatoms. The van der Waals surface area contributed by atoms with Crippen LogP contribution in [0.5, 0.6) is 0 Å². The number of hydrogen-bond acceptors (Lipinski definition) is 5. The molecule has 0 aromatic carbocycles. The standard InChI is InChI=1S/C8H6FN3O4S/c9-4-5(13)11-7(15)12(6(4)14)1-3-2-17-8(16)10-3/h2,4H,1H2,(H,10,16)(H,11,13,15). The first kappa shape index (κ1) is 11.5. The predicted octanol–water partition coefficient (Wildman–Crippen LogP) is -0.647. The van der Waals surface area contributed by atoms with Crippen molar-refractivity contribution in [1.82, 2.24) is 15.2 Å². The van der Waals surface area contributed by atoms with Crippen LogP contribution < -0.4 is 10.2 Å². The lowest BCUT2D eigenvalue weighted by Gasteiger charge is -2.25. The van der Waals surface area contributed by atoms with Crippen LogP contribution in [-0.2, 0) is 16.1 Å². The van der Waals surface area contributed by atoms with Gasteiger partial charge in [-0.15, -0.1) is 0 Å². The third-order valence-corrected chi connectivity index (χ3v) is 2.81. The topological polar surface area (TPSA) is 99.3 Å². The molecule has 1 unspecified atom stereocenters. The number of aromatic amines is 1. The molecule has 1 fully saturated rings. The maximum absolute atomic E-state index is 13.1. The van der Waals surface area contributed by atoms with E-state index < -0.39 is 24.0 Å². The molecule has 7 nitrogen and oxygen atoms in total. The fraction of sp³-hybridized carbons (Fsp3) is 0.250. The Morgan fingerprint density at radius 3 is 2.65 bits per heavy atom. The van der Waals surface area contributed by atoms with Crippen LogP contribution in [0.2, 0.25) is 0 Å². The molecule has 2 N–H and O–H groups in total. The molecule has 0 bridgehead atoms. The summed E-state index contributed by atoms with van der Waals surface area (Å²) < 4.78 is 13.1. The van der Waals surface area contributed by atoms with E-state index in [0.29, 0.717) is 10.6 Å². The second-order valence-corrected chi connectivity index (χ2v) is 4.10. The molecule has 1 atom stereocenters. The first-order valence-electron chi connectivity index (χ1n) is 4.46. The zero-order chi connectivity index (χ0) is 12.6. The highest BCUT2D eigenvalue weighted by Gasteiger charge is 2.40. The average molecular weight is 259 g/mol. The summed E-state index contributed by atoms with van der Waals surface area (Å²) in [5.41, 5.74) is 0.296. The Morgan fingerprint density at radius 2 is 2.06 bits per heavy atom. The molecule has 1 aromatic heterocycles. The number of alkyl halides is 1. The molecular formula is C8H6FN3O4S. The molecule has 1 aromatic rings. The maximum Gasteiger partial charge on any atom is 0.331 e. The number of nitrogens with zero attached hydrogens (tertiary/aromatic N) is 1. The van der Waals surface area contributed by atoms with Crippen LogP contribution in [0.4, 0.5) is 9.18 Å². The van der Waals surface area contributed by atoms with Gasteiger partial charge in [0.2, 0.25) is 0 Å². The number of imide groups is 2. The highest BCUT2D eigenvalue weighted by Crippen LogP contribution is 2.11. The van der Waals surface area contributed by atoms with E-state index in [0.717, 1.165) is 11.3 Å². The molecule has 1 saturated heterocycles. The number of hydrogen-bond donors (Lipinski definition) is 2. The lowest BCUT2D eigenvalue weighted by atomic mass is 10.2. The Hall–Kier alpha value is -2.03. The number of nitrogens with one attached hydrogen (secondary N) is 2. The van der Waals surface area contributed by atoms with Crippen molar-refractivity contribution in [3.8, 4) is 0 Å². The van der Waals surface area contributed by atoms with Gasteiger partial charge in [0.1, 0.15) is 0 Å². The van der Waals surface area contributed by atoms with Crippen LogP contribution in [0, 0.1) is 0 Å². The molecule has 0 spiro atoms. The summed E-state index contributed by atoms with van der Waals surface area (Å²) in [6.07, 6.45) is -2.39. The van der Waals surface area contributed by atoms with Crippen LogP contribution in [0.1, 0.15) is 5.69 Å². The van der Waals surface area contributed by atoms with E-state index in [2.05, 4.69) is 4.98 Å². The van der Waals surface area contributed by atoms with Gasteiger partial charge in [0.05, 0.1) is 6.54 Å². The zero-order valence-corrected chi connectivity index (χ0v) is 9.04. The van der Waals surface area contributed by atoms with E-state index in [1.54, 1.807) is 5.32 Å². The quantitative estimate of drug-likeness (QED) is 0.689. The van der Waals surface area contributed by atoms with Crippen molar-refractivity contribution >= 4 is 29.2 Å². The normalized spacial score (nSPS) is 20.6. The Balaban J connectivity index is 2.20. The summed E-state index contributed by atoms with van der Waals surface area (Å²) in [5.74, 6) is -2.50. The van der Waals surface area contributed by atoms with E-state index in [1.807, 2.05) is 0 Å². The molecule has 0 saturated carbocycles. The van der Waals surface area contributed by atoms with Gasteiger partial charge in [0.15, 0.2) is 0 Å². The molecule has 90 valence electrons. The second kappa shape index (κ2) is 4.09. The smallest absolute Gasteiger partial charge is 0.315 e. The highest BCUT2D eigenvalue weighted by atomic mass is 32.1. The van der Waals surface area contributed by atoms with Gasteiger partial charge >= 0.3 is 10.9 Å². The van der Waals surface area contributed by atoms with Gasteiger partial charge in [-0.05, 0) is 0 Å². The monoisotopic (exact) mass is 259 g/mol. The number of carbonyl (C=O) groups excluding carboxylic acids is 3. The summed E-state index contributed by atoms with van der Waals surface area (Å²) in [7, 11) is 0. The summed E-state index contributed by atoms with van der Waals surface area (Å²) in [4.78, 5) is 46.8. The molecule has 2 rings (SSSR count). The number of barbiturate groups is 1. The SMILES string of the molecule is O=C1NC(=O)N(Cc2csc(=O)[nH]2)C(=O)C1F. The molecule has 0 aliphatic carbocycles. The first-order valence-corrected chi connectivity index (χ1v) is 5.34. The van der Waals surface area contributed by atoms with Crippen LogP contribution in [-0.4, -0.2) is 33.9 Å². The minimum atomic E-state index is -2.39. The van der Waals surface area contributed by atoms with Crippen molar-refractivity contribution in [3.63, 3.8) is 0 Å². The van der Waals surface area contributed by atoms with Gasteiger partial charge in [0, 0.05) is 11.1 Å². The fourth-order valence-electron chi connectivity index (χ4n) is 1.30. The number of urea groups is 1. The van der Waals surface area contributed by atoms with E-state index >= 15 is 0 Å². The fourth-order valence-corrected chi connectivity index (χ4v) is 1.87. The van der Waals surface area contributed by atoms with Gasteiger partial charge in [-0.25, -0.2) is 9.18 Å². The van der Waals surface area contributed by atoms with Crippen molar-refractivity contribution in [1.29, 1.82) is 0 Å². The predicted molar refractivity (Wildman–Crippen MR) is 53.9 cm³/mol. The summed E-state index contributed by atoms with van der Waals surface area (Å²) in [5, 5.41) is 3.11. The number of thiazole rings is 1. The van der Waals surface area contributed by atoms with Crippen LogP contribution in [0.3, 0.4) is 0 Å². The number of H-pyrrole nitrogens is 1. The third-order valence-electron chi connectivity index (χ3n) is 2.09. The van der Waals surface area contributed by atoms with Crippen LogP contribution in [0.15, 0.2) is 10.2 Å².